The van der Waals surface area contributed by atoms with Gasteiger partial charge < -0.3 is 14.4 Å². The molecule has 1 amide bonds. The zero-order chi connectivity index (χ0) is 25.0. The van der Waals surface area contributed by atoms with E-state index in [2.05, 4.69) is 26.6 Å². The SMILES string of the molecule is COC(=O)N1c2ccc3c(nc(Cc4cnn(C5CC5)c4)n3[C@@H]3CCC[C@@H](C(=O)O)C3)c2CC[C@@H]1C. The van der Waals surface area contributed by atoms with Gasteiger partial charge in [-0.15, -0.1) is 0 Å². The van der Waals surface area contributed by atoms with Gasteiger partial charge in [-0.05, 0) is 69.6 Å². The average Bonchev–Trinajstić information content (AvgIpc) is 3.51. The van der Waals surface area contributed by atoms with Gasteiger partial charge in [0.15, 0.2) is 0 Å². The number of carboxylic acid groups (broad SMARTS) is 1. The molecule has 2 aromatic heterocycles. The van der Waals surface area contributed by atoms with Gasteiger partial charge in [0.05, 0.1) is 42.0 Å². The van der Waals surface area contributed by atoms with Crippen molar-refractivity contribution in [2.75, 3.05) is 12.0 Å². The van der Waals surface area contributed by atoms with Gasteiger partial charge in [0.25, 0.3) is 0 Å². The van der Waals surface area contributed by atoms with Gasteiger partial charge in [-0.2, -0.15) is 5.10 Å². The van der Waals surface area contributed by atoms with Gasteiger partial charge in [0.1, 0.15) is 5.82 Å². The van der Waals surface area contributed by atoms with Crippen LogP contribution in [0.5, 0.6) is 0 Å². The van der Waals surface area contributed by atoms with Crippen LogP contribution >= 0.6 is 0 Å². The van der Waals surface area contributed by atoms with Crippen LogP contribution in [0.25, 0.3) is 11.0 Å². The predicted molar refractivity (Wildman–Crippen MR) is 134 cm³/mol. The number of benzene rings is 1. The molecule has 2 fully saturated rings. The lowest BCUT2D eigenvalue weighted by Gasteiger charge is -2.34. The summed E-state index contributed by atoms with van der Waals surface area (Å²) >= 11 is 0. The van der Waals surface area contributed by atoms with Crippen molar-refractivity contribution in [2.24, 2.45) is 5.92 Å². The number of aliphatic carboxylic acids is 1. The number of carboxylic acids is 1. The molecule has 9 nitrogen and oxygen atoms in total. The number of anilines is 1. The molecule has 190 valence electrons. The number of hydrogen-bond donors (Lipinski definition) is 1. The molecular formula is C27H33N5O4. The van der Waals surface area contributed by atoms with Crippen molar-refractivity contribution >= 4 is 28.8 Å². The summed E-state index contributed by atoms with van der Waals surface area (Å²) in [6.07, 6.45) is 11.5. The summed E-state index contributed by atoms with van der Waals surface area (Å²) in [6, 6.07) is 4.71. The van der Waals surface area contributed by atoms with E-state index < -0.39 is 5.97 Å². The molecule has 3 heterocycles. The summed E-state index contributed by atoms with van der Waals surface area (Å²) in [4.78, 5) is 31.4. The number of rotatable bonds is 5. The molecule has 9 heteroatoms. The minimum Gasteiger partial charge on any atom is -0.481 e. The van der Waals surface area contributed by atoms with Crippen LogP contribution in [0.2, 0.25) is 0 Å². The Morgan fingerprint density at radius 3 is 2.72 bits per heavy atom. The third-order valence-electron chi connectivity index (χ3n) is 8.20. The summed E-state index contributed by atoms with van der Waals surface area (Å²) in [5.41, 5.74) is 4.97. The molecule has 1 aromatic carbocycles. The fraction of sp³-hybridized carbons (Fsp3) is 0.556. The molecule has 36 heavy (non-hydrogen) atoms. The van der Waals surface area contributed by atoms with Crippen LogP contribution in [0, 0.1) is 5.92 Å². The minimum absolute atomic E-state index is 0.0480. The molecule has 1 aliphatic heterocycles. The maximum absolute atomic E-state index is 12.6. The number of methoxy groups -OCH3 is 1. The largest absolute Gasteiger partial charge is 0.481 e. The van der Waals surface area contributed by atoms with Gasteiger partial charge in [0, 0.05) is 30.3 Å². The number of carbonyl (C=O) groups excluding carboxylic acids is 1. The number of fused-ring (bicyclic) bond motifs is 3. The molecule has 3 aromatic rings. The van der Waals surface area contributed by atoms with E-state index in [-0.39, 0.29) is 24.1 Å². The molecule has 2 saturated carbocycles. The highest BCUT2D eigenvalue weighted by molar-refractivity contribution is 5.95. The van der Waals surface area contributed by atoms with Crippen molar-refractivity contribution in [3.63, 3.8) is 0 Å². The number of amides is 1. The predicted octanol–water partition coefficient (Wildman–Crippen LogP) is 4.88. The number of ether oxygens (including phenoxy) is 1. The number of hydrogen-bond acceptors (Lipinski definition) is 5. The van der Waals surface area contributed by atoms with Gasteiger partial charge >= 0.3 is 12.1 Å². The first kappa shape index (κ1) is 23.1. The van der Waals surface area contributed by atoms with Crippen molar-refractivity contribution in [1.29, 1.82) is 0 Å². The fourth-order valence-corrected chi connectivity index (χ4v) is 6.17. The van der Waals surface area contributed by atoms with Gasteiger partial charge in [-0.3, -0.25) is 14.4 Å². The highest BCUT2D eigenvalue weighted by Crippen LogP contribution is 2.41. The van der Waals surface area contributed by atoms with Gasteiger partial charge in [0.2, 0.25) is 0 Å². The van der Waals surface area contributed by atoms with Gasteiger partial charge in [-0.1, -0.05) is 6.42 Å². The Morgan fingerprint density at radius 2 is 1.97 bits per heavy atom. The second-order valence-corrected chi connectivity index (χ2v) is 10.6. The Kier molecular flexibility index (Phi) is 5.73. The number of aryl methyl sites for hydroxylation is 1. The van der Waals surface area contributed by atoms with E-state index in [9.17, 15) is 14.7 Å². The quantitative estimate of drug-likeness (QED) is 0.546. The van der Waals surface area contributed by atoms with Crippen molar-refractivity contribution in [3.8, 4) is 0 Å². The van der Waals surface area contributed by atoms with E-state index >= 15 is 0 Å². The van der Waals surface area contributed by atoms with Gasteiger partial charge in [-0.25, -0.2) is 9.78 Å². The zero-order valence-corrected chi connectivity index (χ0v) is 20.9. The molecular weight excluding hydrogens is 458 g/mol. The van der Waals surface area contributed by atoms with Crippen molar-refractivity contribution in [2.45, 2.75) is 82.8 Å². The van der Waals surface area contributed by atoms with E-state index in [0.717, 1.165) is 65.8 Å². The second kappa shape index (κ2) is 8.94. The smallest absolute Gasteiger partial charge is 0.414 e. The third-order valence-corrected chi connectivity index (χ3v) is 8.20. The highest BCUT2D eigenvalue weighted by Gasteiger charge is 2.34. The third kappa shape index (κ3) is 3.94. The lowest BCUT2D eigenvalue weighted by Crippen LogP contribution is -2.42. The molecule has 6 rings (SSSR count). The summed E-state index contributed by atoms with van der Waals surface area (Å²) < 4.78 is 9.44. The summed E-state index contributed by atoms with van der Waals surface area (Å²) in [5, 5.41) is 14.3. The molecule has 0 unspecified atom stereocenters. The first-order chi connectivity index (χ1) is 17.4. The van der Waals surface area contributed by atoms with Crippen LogP contribution in [-0.4, -0.2) is 49.7 Å². The van der Waals surface area contributed by atoms with E-state index in [1.165, 1.54) is 20.0 Å². The van der Waals surface area contributed by atoms with Crippen molar-refractivity contribution in [1.82, 2.24) is 19.3 Å². The van der Waals surface area contributed by atoms with Crippen molar-refractivity contribution < 1.29 is 19.4 Å². The van der Waals surface area contributed by atoms with E-state index in [1.807, 2.05) is 19.2 Å². The second-order valence-electron chi connectivity index (χ2n) is 10.6. The maximum atomic E-state index is 12.6. The Balaban J connectivity index is 1.46. The van der Waals surface area contributed by atoms with Crippen LogP contribution in [-0.2, 0) is 22.4 Å². The molecule has 0 saturated heterocycles. The highest BCUT2D eigenvalue weighted by atomic mass is 16.5. The van der Waals surface area contributed by atoms with Crippen molar-refractivity contribution in [3.05, 3.63) is 41.5 Å². The number of carbonyl (C=O) groups is 2. The Morgan fingerprint density at radius 1 is 1.14 bits per heavy atom. The lowest BCUT2D eigenvalue weighted by molar-refractivity contribution is -0.143. The molecule has 1 N–H and O–H groups in total. The summed E-state index contributed by atoms with van der Waals surface area (Å²) in [5.74, 6) is -0.107. The van der Waals surface area contributed by atoms with E-state index in [4.69, 9.17) is 9.72 Å². The van der Waals surface area contributed by atoms with Crippen LogP contribution in [0.1, 0.15) is 80.9 Å². The lowest BCUT2D eigenvalue weighted by atomic mass is 9.85. The van der Waals surface area contributed by atoms with Crippen LogP contribution in [0.4, 0.5) is 10.5 Å². The molecule has 0 bridgehead atoms. The number of aromatic nitrogens is 4. The minimum atomic E-state index is -0.712. The summed E-state index contributed by atoms with van der Waals surface area (Å²) in [6.45, 7) is 2.04. The topological polar surface area (TPSA) is 102 Å². The molecule has 0 spiro atoms. The fourth-order valence-electron chi connectivity index (χ4n) is 6.17. The van der Waals surface area contributed by atoms with Crippen LogP contribution in [0.3, 0.4) is 0 Å². The van der Waals surface area contributed by atoms with Crippen LogP contribution in [0.15, 0.2) is 24.5 Å². The first-order valence-corrected chi connectivity index (χ1v) is 13.1. The molecule has 3 atom stereocenters. The van der Waals surface area contributed by atoms with E-state index in [1.54, 1.807) is 4.90 Å². The first-order valence-electron chi connectivity index (χ1n) is 13.1. The Bertz CT molecular complexity index is 1320. The standard InChI is InChI=1S/C27H33N5O4/c1-16-6-9-21-22(31(16)27(35)36-2)10-11-23-25(21)29-24(12-17-14-28-30(15-17)19-7-8-19)32(23)20-5-3-4-18(13-20)26(33)34/h10-11,14-16,18-20H,3-9,12-13H2,1-2H3,(H,33,34)/t16-,18+,20+/m0/s1. The van der Waals surface area contributed by atoms with E-state index in [0.29, 0.717) is 18.9 Å². The monoisotopic (exact) mass is 491 g/mol. The average molecular weight is 492 g/mol. The Hall–Kier alpha value is -3.36. The summed E-state index contributed by atoms with van der Waals surface area (Å²) in [7, 11) is 1.42. The maximum Gasteiger partial charge on any atom is 0.414 e. The number of imidazole rings is 1. The zero-order valence-electron chi connectivity index (χ0n) is 20.9. The number of nitrogens with zero attached hydrogens (tertiary/aromatic N) is 5. The molecule has 2 aliphatic carbocycles. The Labute approximate surface area is 210 Å². The molecule has 0 radical (unpaired) electrons. The molecule has 3 aliphatic rings. The van der Waals surface area contributed by atoms with Crippen LogP contribution < -0.4 is 4.90 Å². The normalized spacial score (nSPS) is 24.1.